The summed E-state index contributed by atoms with van der Waals surface area (Å²) in [6.07, 6.45) is 4.95. The van der Waals surface area contributed by atoms with E-state index in [0.29, 0.717) is 12.3 Å². The third kappa shape index (κ3) is 2.99. The molecule has 1 rings (SSSR count). The second-order valence-corrected chi connectivity index (χ2v) is 3.89. The zero-order valence-electron chi connectivity index (χ0n) is 11.1. The number of ether oxygens (including phenoxy) is 1. The third-order valence-corrected chi connectivity index (χ3v) is 2.86. The molecule has 0 amide bonds. The molecule has 0 unspecified atom stereocenters. The van der Waals surface area contributed by atoms with Crippen LogP contribution in [-0.2, 0) is 17.7 Å². The molecular weight excluding hydrogens is 214 g/mol. The number of carbonyl (C=O) groups excluding carboxylic acids is 1. The first-order valence-electron chi connectivity index (χ1n) is 6.12. The van der Waals surface area contributed by atoms with Gasteiger partial charge in [-0.05, 0) is 38.8 Å². The molecule has 3 nitrogen and oxygen atoms in total. The highest BCUT2D eigenvalue weighted by atomic mass is 16.5. The van der Waals surface area contributed by atoms with Crippen molar-refractivity contribution in [2.45, 2.75) is 40.7 Å². The summed E-state index contributed by atoms with van der Waals surface area (Å²) < 4.78 is 7.09. The molecule has 1 aromatic heterocycles. The van der Waals surface area contributed by atoms with Gasteiger partial charge in [0.1, 0.15) is 5.69 Å². The average molecular weight is 235 g/mol. The predicted molar refractivity (Wildman–Crippen MR) is 69.3 cm³/mol. The first-order chi connectivity index (χ1) is 8.15. The number of aromatic nitrogens is 1. The fourth-order valence-corrected chi connectivity index (χ4v) is 1.88. The van der Waals surface area contributed by atoms with Gasteiger partial charge >= 0.3 is 5.97 Å². The molecule has 0 saturated carbocycles. The van der Waals surface area contributed by atoms with E-state index >= 15 is 0 Å². The number of carbonyl (C=O) groups is 1. The van der Waals surface area contributed by atoms with E-state index in [1.165, 1.54) is 5.56 Å². The Labute approximate surface area is 103 Å². The highest BCUT2D eigenvalue weighted by molar-refractivity contribution is 5.88. The molecule has 0 spiro atoms. The van der Waals surface area contributed by atoms with Gasteiger partial charge in [0.2, 0.25) is 0 Å². The molecule has 0 aromatic carbocycles. The van der Waals surface area contributed by atoms with Crippen molar-refractivity contribution in [1.29, 1.82) is 0 Å². The van der Waals surface area contributed by atoms with Crippen molar-refractivity contribution in [3.05, 3.63) is 35.2 Å². The third-order valence-electron chi connectivity index (χ3n) is 2.86. The van der Waals surface area contributed by atoms with Crippen LogP contribution < -0.4 is 0 Å². The first kappa shape index (κ1) is 13.6. The minimum absolute atomic E-state index is 0.236. The number of allylic oxidation sites excluding steroid dienone is 2. The summed E-state index contributed by atoms with van der Waals surface area (Å²) in [6, 6.07) is 1.94. The number of esters is 1. The van der Waals surface area contributed by atoms with Crippen LogP contribution in [0.25, 0.3) is 0 Å². The molecule has 0 saturated heterocycles. The van der Waals surface area contributed by atoms with Crippen LogP contribution >= 0.6 is 0 Å². The maximum absolute atomic E-state index is 11.8. The van der Waals surface area contributed by atoms with E-state index in [2.05, 4.69) is 6.92 Å². The van der Waals surface area contributed by atoms with Crippen LogP contribution in [-0.4, -0.2) is 17.1 Å². The van der Waals surface area contributed by atoms with Gasteiger partial charge < -0.3 is 9.30 Å². The summed E-state index contributed by atoms with van der Waals surface area (Å²) in [7, 11) is 0. The first-order valence-corrected chi connectivity index (χ1v) is 6.12. The number of hydrogen-bond donors (Lipinski definition) is 0. The smallest absolute Gasteiger partial charge is 0.354 e. The van der Waals surface area contributed by atoms with Gasteiger partial charge in [-0.3, -0.25) is 0 Å². The Morgan fingerprint density at radius 2 is 2.18 bits per heavy atom. The molecule has 0 fully saturated rings. The summed E-state index contributed by atoms with van der Waals surface area (Å²) in [6.45, 7) is 9.07. The SMILES string of the molecule is CC=CCn1c(C(=O)OCC)cc(CC)c1C. The zero-order valence-corrected chi connectivity index (χ0v) is 11.1. The van der Waals surface area contributed by atoms with E-state index < -0.39 is 0 Å². The van der Waals surface area contributed by atoms with Gasteiger partial charge in [-0.1, -0.05) is 19.1 Å². The maximum atomic E-state index is 11.8. The quantitative estimate of drug-likeness (QED) is 0.580. The Kier molecular flexibility index (Phi) is 5.01. The van der Waals surface area contributed by atoms with Crippen LogP contribution in [0.3, 0.4) is 0 Å². The van der Waals surface area contributed by atoms with Crippen LogP contribution in [0.15, 0.2) is 18.2 Å². The molecule has 1 aromatic rings. The van der Waals surface area contributed by atoms with E-state index in [1.807, 2.05) is 43.6 Å². The van der Waals surface area contributed by atoms with E-state index in [9.17, 15) is 4.79 Å². The molecule has 0 aliphatic rings. The molecule has 0 aliphatic carbocycles. The minimum Gasteiger partial charge on any atom is -0.461 e. The van der Waals surface area contributed by atoms with Crippen molar-refractivity contribution in [3.63, 3.8) is 0 Å². The molecule has 0 radical (unpaired) electrons. The topological polar surface area (TPSA) is 31.2 Å². The van der Waals surface area contributed by atoms with Crippen molar-refractivity contribution in [3.8, 4) is 0 Å². The molecule has 0 atom stereocenters. The summed E-state index contributed by atoms with van der Waals surface area (Å²) >= 11 is 0. The zero-order chi connectivity index (χ0) is 12.8. The fourth-order valence-electron chi connectivity index (χ4n) is 1.88. The van der Waals surface area contributed by atoms with Crippen LogP contribution in [0.5, 0.6) is 0 Å². The lowest BCUT2D eigenvalue weighted by Gasteiger charge is -2.08. The lowest BCUT2D eigenvalue weighted by molar-refractivity contribution is 0.0514. The summed E-state index contributed by atoms with van der Waals surface area (Å²) in [5.74, 6) is -0.236. The Bertz CT molecular complexity index is 416. The van der Waals surface area contributed by atoms with Crippen molar-refractivity contribution in [2.24, 2.45) is 0 Å². The van der Waals surface area contributed by atoms with Crippen LogP contribution in [0.4, 0.5) is 0 Å². The van der Waals surface area contributed by atoms with Crippen molar-refractivity contribution in [1.82, 2.24) is 4.57 Å². The Hall–Kier alpha value is -1.51. The van der Waals surface area contributed by atoms with E-state index in [4.69, 9.17) is 4.74 Å². The van der Waals surface area contributed by atoms with Gasteiger partial charge in [0.05, 0.1) is 6.61 Å². The van der Waals surface area contributed by atoms with E-state index in [0.717, 1.165) is 18.7 Å². The van der Waals surface area contributed by atoms with Crippen LogP contribution in [0, 0.1) is 6.92 Å². The summed E-state index contributed by atoms with van der Waals surface area (Å²) in [5.41, 5.74) is 3.01. The summed E-state index contributed by atoms with van der Waals surface area (Å²) in [4.78, 5) is 11.8. The second kappa shape index (κ2) is 6.28. The van der Waals surface area contributed by atoms with E-state index in [1.54, 1.807) is 0 Å². The Morgan fingerprint density at radius 1 is 1.47 bits per heavy atom. The Balaban J connectivity index is 3.13. The molecule has 0 aliphatic heterocycles. The molecule has 0 N–H and O–H groups in total. The summed E-state index contributed by atoms with van der Waals surface area (Å²) in [5, 5.41) is 0. The standard InChI is InChI=1S/C14H21NO2/c1-5-8-9-15-11(4)12(6-2)10-13(15)14(16)17-7-3/h5,8,10H,6-7,9H2,1-4H3. The van der Waals surface area contributed by atoms with Crippen molar-refractivity contribution < 1.29 is 9.53 Å². The number of rotatable bonds is 5. The largest absolute Gasteiger partial charge is 0.461 e. The van der Waals surface area contributed by atoms with Crippen molar-refractivity contribution >= 4 is 5.97 Å². The normalized spacial score (nSPS) is 11.1. The lowest BCUT2D eigenvalue weighted by atomic mass is 10.2. The predicted octanol–water partition coefficient (Wildman–Crippen LogP) is 3.11. The Morgan fingerprint density at radius 3 is 2.71 bits per heavy atom. The van der Waals surface area contributed by atoms with Crippen molar-refractivity contribution in [2.75, 3.05) is 6.61 Å². The lowest BCUT2D eigenvalue weighted by Crippen LogP contribution is -2.12. The van der Waals surface area contributed by atoms with Crippen LogP contribution in [0.2, 0.25) is 0 Å². The number of nitrogens with zero attached hydrogens (tertiary/aromatic N) is 1. The van der Waals surface area contributed by atoms with Gasteiger partial charge in [-0.25, -0.2) is 4.79 Å². The van der Waals surface area contributed by atoms with E-state index in [-0.39, 0.29) is 5.97 Å². The fraction of sp³-hybridized carbons (Fsp3) is 0.500. The van der Waals surface area contributed by atoms with Gasteiger partial charge in [-0.2, -0.15) is 0 Å². The number of aryl methyl sites for hydroxylation is 1. The maximum Gasteiger partial charge on any atom is 0.354 e. The van der Waals surface area contributed by atoms with Gasteiger partial charge in [0.25, 0.3) is 0 Å². The van der Waals surface area contributed by atoms with Gasteiger partial charge in [-0.15, -0.1) is 0 Å². The molecule has 94 valence electrons. The number of hydrogen-bond acceptors (Lipinski definition) is 2. The van der Waals surface area contributed by atoms with Gasteiger partial charge in [0.15, 0.2) is 0 Å². The highest BCUT2D eigenvalue weighted by Crippen LogP contribution is 2.17. The minimum atomic E-state index is -0.236. The molecule has 1 heterocycles. The monoisotopic (exact) mass is 235 g/mol. The van der Waals surface area contributed by atoms with Gasteiger partial charge in [0, 0.05) is 12.2 Å². The average Bonchev–Trinajstić information content (AvgIpc) is 2.64. The molecule has 0 bridgehead atoms. The molecule has 3 heteroatoms. The van der Waals surface area contributed by atoms with Crippen LogP contribution in [0.1, 0.15) is 42.5 Å². The molecular formula is C14H21NO2. The highest BCUT2D eigenvalue weighted by Gasteiger charge is 2.16. The second-order valence-electron chi connectivity index (χ2n) is 3.89. The molecule has 17 heavy (non-hydrogen) atoms.